The van der Waals surface area contributed by atoms with Crippen LogP contribution in [0, 0.1) is 10.1 Å². The number of nitro benzene ring substituents is 1. The summed E-state index contributed by atoms with van der Waals surface area (Å²) in [6.07, 6.45) is 3.14. The minimum Gasteiger partial charge on any atom is -0.383 e. The third-order valence-electron chi connectivity index (χ3n) is 4.14. The molecule has 114 valence electrons. The zero-order valence-corrected chi connectivity index (χ0v) is 12.6. The molecular weight excluding hydrogens is 270 g/mol. The maximum absolute atomic E-state index is 12.7. The van der Waals surface area contributed by atoms with Gasteiger partial charge in [-0.05, 0) is 45.2 Å². The van der Waals surface area contributed by atoms with E-state index in [-0.39, 0.29) is 23.7 Å². The fourth-order valence-electron chi connectivity index (χ4n) is 3.00. The Labute approximate surface area is 124 Å². The molecule has 1 aromatic carbocycles. The first-order valence-corrected chi connectivity index (χ1v) is 7.24. The molecule has 1 aromatic rings. The number of carbonyl (C=O) groups excluding carboxylic acids is 1. The molecule has 1 amide bonds. The van der Waals surface area contributed by atoms with Gasteiger partial charge in [0.2, 0.25) is 0 Å². The standard InChI is InChI=1S/C15H21N3O3/c1-10-5-4-6-11(2)17(10)15(19)12-7-8-14(18(20)21)13(9-12)16-3/h7-11,16H,4-6H2,1-3H3/t10-,11+. The van der Waals surface area contributed by atoms with Gasteiger partial charge in [0, 0.05) is 30.8 Å². The van der Waals surface area contributed by atoms with E-state index in [1.165, 1.54) is 12.1 Å². The van der Waals surface area contributed by atoms with E-state index in [1.54, 1.807) is 13.1 Å². The molecule has 1 aliphatic heterocycles. The predicted octanol–water partition coefficient (Wildman–Crippen LogP) is 3.04. The summed E-state index contributed by atoms with van der Waals surface area (Å²) in [5.74, 6) is -0.0545. The lowest BCUT2D eigenvalue weighted by atomic mass is 9.96. The Hall–Kier alpha value is -2.11. The van der Waals surface area contributed by atoms with Crippen molar-refractivity contribution in [3.05, 3.63) is 33.9 Å². The van der Waals surface area contributed by atoms with E-state index in [4.69, 9.17) is 0 Å². The van der Waals surface area contributed by atoms with Crippen LogP contribution in [-0.2, 0) is 0 Å². The maximum Gasteiger partial charge on any atom is 0.292 e. The summed E-state index contributed by atoms with van der Waals surface area (Å²) in [5.41, 5.74) is 0.836. The molecule has 0 aliphatic carbocycles. The summed E-state index contributed by atoms with van der Waals surface area (Å²) in [5, 5.41) is 13.7. The van der Waals surface area contributed by atoms with Crippen LogP contribution in [0.15, 0.2) is 18.2 Å². The van der Waals surface area contributed by atoms with Crippen LogP contribution < -0.4 is 5.32 Å². The van der Waals surface area contributed by atoms with E-state index in [0.717, 1.165) is 19.3 Å². The number of nitrogens with zero attached hydrogens (tertiary/aromatic N) is 2. The molecule has 0 bridgehead atoms. The van der Waals surface area contributed by atoms with E-state index in [0.29, 0.717) is 11.3 Å². The normalized spacial score (nSPS) is 22.0. The molecule has 0 aromatic heterocycles. The van der Waals surface area contributed by atoms with Gasteiger partial charge in [-0.2, -0.15) is 0 Å². The Balaban J connectivity index is 2.32. The number of likely N-dealkylation sites (tertiary alicyclic amines) is 1. The number of piperidine rings is 1. The largest absolute Gasteiger partial charge is 0.383 e. The highest BCUT2D eigenvalue weighted by Crippen LogP contribution is 2.28. The second-order valence-corrected chi connectivity index (χ2v) is 5.58. The fraction of sp³-hybridized carbons (Fsp3) is 0.533. The molecular formula is C15H21N3O3. The Morgan fingerprint density at radius 2 is 1.95 bits per heavy atom. The van der Waals surface area contributed by atoms with Crippen LogP contribution in [0.4, 0.5) is 11.4 Å². The summed E-state index contributed by atoms with van der Waals surface area (Å²) in [6.45, 7) is 4.11. The van der Waals surface area contributed by atoms with E-state index in [2.05, 4.69) is 19.2 Å². The van der Waals surface area contributed by atoms with Crippen LogP contribution in [0.3, 0.4) is 0 Å². The SMILES string of the molecule is CNc1cc(C(=O)N2[C@H](C)CCC[C@@H]2C)ccc1[N+](=O)[O-]. The topological polar surface area (TPSA) is 75.5 Å². The Morgan fingerprint density at radius 3 is 2.48 bits per heavy atom. The molecule has 6 nitrogen and oxygen atoms in total. The number of nitro groups is 1. The van der Waals surface area contributed by atoms with Gasteiger partial charge in [0.1, 0.15) is 5.69 Å². The molecule has 1 aliphatic rings. The predicted molar refractivity (Wildman–Crippen MR) is 81.6 cm³/mol. The van der Waals surface area contributed by atoms with Crippen molar-refractivity contribution in [1.82, 2.24) is 4.90 Å². The van der Waals surface area contributed by atoms with Crippen LogP contribution in [0.2, 0.25) is 0 Å². The number of amides is 1. The van der Waals surface area contributed by atoms with Gasteiger partial charge in [-0.1, -0.05) is 0 Å². The summed E-state index contributed by atoms with van der Waals surface area (Å²) in [4.78, 5) is 25.1. The summed E-state index contributed by atoms with van der Waals surface area (Å²) in [6, 6.07) is 4.89. The van der Waals surface area contributed by atoms with E-state index in [9.17, 15) is 14.9 Å². The average molecular weight is 291 g/mol. The van der Waals surface area contributed by atoms with Crippen molar-refractivity contribution in [1.29, 1.82) is 0 Å². The van der Waals surface area contributed by atoms with Gasteiger partial charge in [-0.25, -0.2) is 0 Å². The minimum absolute atomic E-state index is 0.0196. The number of hydrogen-bond donors (Lipinski definition) is 1. The Bertz CT molecular complexity index is 549. The Morgan fingerprint density at radius 1 is 1.33 bits per heavy atom. The van der Waals surface area contributed by atoms with Crippen LogP contribution in [0.5, 0.6) is 0 Å². The molecule has 1 saturated heterocycles. The van der Waals surface area contributed by atoms with E-state index >= 15 is 0 Å². The molecule has 1 fully saturated rings. The molecule has 0 saturated carbocycles. The molecule has 0 radical (unpaired) electrons. The van der Waals surface area contributed by atoms with Gasteiger partial charge in [0.25, 0.3) is 11.6 Å². The number of anilines is 1. The average Bonchev–Trinajstić information content (AvgIpc) is 2.46. The quantitative estimate of drug-likeness (QED) is 0.686. The first-order valence-electron chi connectivity index (χ1n) is 7.24. The molecule has 0 spiro atoms. The maximum atomic E-state index is 12.7. The van der Waals surface area contributed by atoms with Crippen molar-refractivity contribution < 1.29 is 9.72 Å². The van der Waals surface area contributed by atoms with E-state index in [1.807, 2.05) is 4.90 Å². The molecule has 1 heterocycles. The second-order valence-electron chi connectivity index (χ2n) is 5.58. The summed E-state index contributed by atoms with van der Waals surface area (Å²) in [7, 11) is 1.61. The first-order chi connectivity index (χ1) is 9.95. The van der Waals surface area contributed by atoms with Crippen LogP contribution in [-0.4, -0.2) is 34.9 Å². The van der Waals surface area contributed by atoms with Crippen molar-refractivity contribution in [3.8, 4) is 0 Å². The number of rotatable bonds is 3. The number of hydrogen-bond acceptors (Lipinski definition) is 4. The monoisotopic (exact) mass is 291 g/mol. The van der Waals surface area contributed by atoms with Crippen molar-refractivity contribution in [2.45, 2.75) is 45.2 Å². The smallest absolute Gasteiger partial charge is 0.292 e. The van der Waals surface area contributed by atoms with Gasteiger partial charge < -0.3 is 10.2 Å². The highest BCUT2D eigenvalue weighted by Gasteiger charge is 2.30. The van der Waals surface area contributed by atoms with Crippen LogP contribution in [0.1, 0.15) is 43.5 Å². The molecule has 0 unspecified atom stereocenters. The third-order valence-corrected chi connectivity index (χ3v) is 4.14. The van der Waals surface area contributed by atoms with Gasteiger partial charge in [0.15, 0.2) is 0 Å². The lowest BCUT2D eigenvalue weighted by molar-refractivity contribution is -0.383. The third kappa shape index (κ3) is 2.99. The fourth-order valence-corrected chi connectivity index (χ4v) is 3.00. The number of carbonyl (C=O) groups is 1. The number of benzene rings is 1. The van der Waals surface area contributed by atoms with Gasteiger partial charge in [-0.3, -0.25) is 14.9 Å². The van der Waals surface area contributed by atoms with E-state index < -0.39 is 4.92 Å². The minimum atomic E-state index is -0.452. The van der Waals surface area contributed by atoms with Crippen molar-refractivity contribution in [2.24, 2.45) is 0 Å². The van der Waals surface area contributed by atoms with Gasteiger partial charge in [-0.15, -0.1) is 0 Å². The molecule has 2 atom stereocenters. The van der Waals surface area contributed by atoms with Crippen molar-refractivity contribution >= 4 is 17.3 Å². The lowest BCUT2D eigenvalue weighted by Gasteiger charge is -2.39. The number of nitrogens with one attached hydrogen (secondary N) is 1. The highest BCUT2D eigenvalue weighted by molar-refractivity contribution is 5.96. The first kappa shape index (κ1) is 15.3. The molecule has 2 rings (SSSR count). The lowest BCUT2D eigenvalue weighted by Crippen LogP contribution is -2.47. The van der Waals surface area contributed by atoms with Crippen molar-refractivity contribution in [2.75, 3.05) is 12.4 Å². The van der Waals surface area contributed by atoms with Gasteiger partial charge >= 0.3 is 0 Å². The molecule has 1 N–H and O–H groups in total. The zero-order chi connectivity index (χ0) is 15.6. The molecule has 6 heteroatoms. The summed E-state index contributed by atoms with van der Waals surface area (Å²) < 4.78 is 0. The van der Waals surface area contributed by atoms with Crippen molar-refractivity contribution in [3.63, 3.8) is 0 Å². The van der Waals surface area contributed by atoms with Crippen LogP contribution >= 0.6 is 0 Å². The van der Waals surface area contributed by atoms with Gasteiger partial charge in [0.05, 0.1) is 4.92 Å². The zero-order valence-electron chi connectivity index (χ0n) is 12.6. The molecule has 21 heavy (non-hydrogen) atoms. The second kappa shape index (κ2) is 6.11. The Kier molecular flexibility index (Phi) is 4.45. The summed E-state index contributed by atoms with van der Waals surface area (Å²) >= 11 is 0. The van der Waals surface area contributed by atoms with Crippen LogP contribution in [0.25, 0.3) is 0 Å². The highest BCUT2D eigenvalue weighted by atomic mass is 16.6.